The van der Waals surface area contributed by atoms with E-state index in [1.54, 1.807) is 0 Å². The molecule has 5 rings (SSSR count). The first-order valence-electron chi connectivity index (χ1n) is 10.9. The Morgan fingerprint density at radius 1 is 1.09 bits per heavy atom. The highest BCUT2D eigenvalue weighted by Gasteiger charge is 2.20. The number of hydrogen-bond acceptors (Lipinski definition) is 7. The lowest BCUT2D eigenvalue weighted by Gasteiger charge is -2.35. The molecule has 1 saturated heterocycles. The van der Waals surface area contributed by atoms with Gasteiger partial charge in [0, 0.05) is 31.7 Å². The van der Waals surface area contributed by atoms with Crippen molar-refractivity contribution in [3.8, 4) is 11.3 Å². The largest absolute Gasteiger partial charge is 0.367 e. The van der Waals surface area contributed by atoms with Crippen LogP contribution in [0.25, 0.3) is 22.4 Å². The fraction of sp³-hybridized carbons (Fsp3) is 0.250. The van der Waals surface area contributed by atoms with E-state index >= 15 is 0 Å². The molecule has 0 bridgehead atoms. The number of carbonyl (C=O) groups excluding carboxylic acids is 1. The summed E-state index contributed by atoms with van der Waals surface area (Å²) in [5, 5.41) is 7.00. The topological polar surface area (TPSA) is 96.5 Å². The van der Waals surface area contributed by atoms with E-state index in [0.717, 1.165) is 31.9 Å². The Balaban J connectivity index is 1.39. The lowest BCUT2D eigenvalue weighted by atomic mass is 10.1. The molecule has 0 radical (unpaired) electrons. The van der Waals surface area contributed by atoms with Crippen LogP contribution in [-0.2, 0) is 11.3 Å². The summed E-state index contributed by atoms with van der Waals surface area (Å²) in [6.45, 7) is 3.38. The van der Waals surface area contributed by atoms with E-state index < -0.39 is 11.4 Å². The number of carbonyl (C=O) groups is 1. The molecule has 0 atom stereocenters. The summed E-state index contributed by atoms with van der Waals surface area (Å²) >= 11 is 0. The molecule has 4 aromatic rings. The van der Waals surface area contributed by atoms with Gasteiger partial charge < -0.3 is 19.6 Å². The molecule has 1 aliphatic rings. The molecule has 9 nitrogen and oxygen atoms in total. The molecule has 174 valence electrons. The first-order valence-corrected chi connectivity index (χ1v) is 10.9. The molecule has 1 fully saturated rings. The third-order valence-corrected chi connectivity index (χ3v) is 5.92. The van der Waals surface area contributed by atoms with Crippen molar-refractivity contribution in [2.24, 2.45) is 0 Å². The number of aromatic nitrogens is 3. The van der Waals surface area contributed by atoms with E-state index in [0.29, 0.717) is 11.3 Å². The van der Waals surface area contributed by atoms with Crippen LogP contribution in [0.3, 0.4) is 0 Å². The van der Waals surface area contributed by atoms with Gasteiger partial charge in [0.05, 0.1) is 11.4 Å². The lowest BCUT2D eigenvalue weighted by molar-refractivity contribution is -0.116. The summed E-state index contributed by atoms with van der Waals surface area (Å²) in [5.41, 5.74) is 2.00. The molecule has 3 heterocycles. The average Bonchev–Trinajstić information content (AvgIpc) is 3.27. The average molecular weight is 462 g/mol. The highest BCUT2D eigenvalue weighted by molar-refractivity contribution is 5.94. The fourth-order valence-corrected chi connectivity index (χ4v) is 4.04. The zero-order chi connectivity index (χ0) is 23.7. The zero-order valence-corrected chi connectivity index (χ0v) is 18.6. The van der Waals surface area contributed by atoms with Gasteiger partial charge in [-0.2, -0.15) is 0 Å². The van der Waals surface area contributed by atoms with Gasteiger partial charge in [0.2, 0.25) is 5.91 Å². The van der Waals surface area contributed by atoms with Crippen LogP contribution in [0.1, 0.15) is 0 Å². The van der Waals surface area contributed by atoms with Crippen molar-refractivity contribution >= 4 is 28.4 Å². The Labute approximate surface area is 194 Å². The standard InChI is InChI=1S/C24H23FN6O3/c1-29-10-12-30(13-11-29)19-5-3-2-4-18(19)27-20(32)14-31-15-26-23-21(24(31)33)22(28-34-23)16-6-8-17(25)9-7-16/h2-9,15H,10-14H2,1H3,(H,27,32). The second-order valence-electron chi connectivity index (χ2n) is 8.25. The molecule has 34 heavy (non-hydrogen) atoms. The van der Waals surface area contributed by atoms with Crippen LogP contribution in [0.15, 0.2) is 64.2 Å². The summed E-state index contributed by atoms with van der Waals surface area (Å²) in [6.07, 6.45) is 1.26. The molecule has 10 heteroatoms. The molecule has 2 aromatic carbocycles. The van der Waals surface area contributed by atoms with E-state index in [-0.39, 0.29) is 29.2 Å². The van der Waals surface area contributed by atoms with Crippen molar-refractivity contribution < 1.29 is 13.7 Å². The first-order chi connectivity index (χ1) is 16.5. The molecule has 0 unspecified atom stereocenters. The molecule has 2 aromatic heterocycles. The number of rotatable bonds is 5. The van der Waals surface area contributed by atoms with Crippen molar-refractivity contribution in [2.75, 3.05) is 43.4 Å². The van der Waals surface area contributed by atoms with Crippen LogP contribution in [-0.4, -0.2) is 58.7 Å². The molecule has 1 aliphatic heterocycles. The quantitative estimate of drug-likeness (QED) is 0.487. The van der Waals surface area contributed by atoms with E-state index in [2.05, 4.69) is 32.3 Å². The molecule has 0 spiro atoms. The Kier molecular flexibility index (Phi) is 5.81. The maximum absolute atomic E-state index is 13.3. The normalized spacial score (nSPS) is 14.5. The van der Waals surface area contributed by atoms with Crippen LogP contribution < -0.4 is 15.8 Å². The van der Waals surface area contributed by atoms with Crippen molar-refractivity contribution in [1.29, 1.82) is 0 Å². The number of amides is 1. The summed E-state index contributed by atoms with van der Waals surface area (Å²) in [7, 11) is 2.09. The Hall–Kier alpha value is -4.05. The molecule has 0 saturated carbocycles. The maximum Gasteiger partial charge on any atom is 0.267 e. The number of para-hydroxylation sites is 2. The number of anilines is 2. The highest BCUT2D eigenvalue weighted by Crippen LogP contribution is 2.27. The van der Waals surface area contributed by atoms with Crippen molar-refractivity contribution in [3.05, 3.63) is 71.0 Å². The van der Waals surface area contributed by atoms with Crippen LogP contribution in [0, 0.1) is 5.82 Å². The Morgan fingerprint density at radius 3 is 2.59 bits per heavy atom. The van der Waals surface area contributed by atoms with Crippen molar-refractivity contribution in [3.63, 3.8) is 0 Å². The van der Waals surface area contributed by atoms with Gasteiger partial charge in [0.15, 0.2) is 0 Å². The minimum Gasteiger partial charge on any atom is -0.367 e. The summed E-state index contributed by atoms with van der Waals surface area (Å²) < 4.78 is 19.7. The summed E-state index contributed by atoms with van der Waals surface area (Å²) in [5.74, 6) is -0.759. The number of piperazine rings is 1. The van der Waals surface area contributed by atoms with Crippen molar-refractivity contribution in [2.45, 2.75) is 6.54 Å². The molecular weight excluding hydrogens is 439 g/mol. The predicted molar refractivity (Wildman–Crippen MR) is 126 cm³/mol. The minimum atomic E-state index is -0.465. The van der Waals surface area contributed by atoms with Crippen LogP contribution in [0.4, 0.5) is 15.8 Å². The van der Waals surface area contributed by atoms with Gasteiger partial charge in [-0.3, -0.25) is 14.2 Å². The third kappa shape index (κ3) is 4.27. The Bertz CT molecular complexity index is 1390. The van der Waals surface area contributed by atoms with Gasteiger partial charge in [0.1, 0.15) is 29.8 Å². The highest BCUT2D eigenvalue weighted by atomic mass is 19.1. The van der Waals surface area contributed by atoms with E-state index in [1.807, 2.05) is 24.3 Å². The van der Waals surface area contributed by atoms with E-state index in [4.69, 9.17) is 4.52 Å². The van der Waals surface area contributed by atoms with Crippen LogP contribution >= 0.6 is 0 Å². The second-order valence-corrected chi connectivity index (χ2v) is 8.25. The number of nitrogens with zero attached hydrogens (tertiary/aromatic N) is 5. The molecule has 0 aliphatic carbocycles. The summed E-state index contributed by atoms with van der Waals surface area (Å²) in [4.78, 5) is 34.7. The van der Waals surface area contributed by atoms with Crippen LogP contribution in [0.2, 0.25) is 0 Å². The fourth-order valence-electron chi connectivity index (χ4n) is 4.04. The number of halogens is 1. The van der Waals surface area contributed by atoms with Crippen molar-refractivity contribution in [1.82, 2.24) is 19.6 Å². The number of likely N-dealkylation sites (N-methyl/N-ethyl adjacent to an activating group) is 1. The van der Waals surface area contributed by atoms with E-state index in [9.17, 15) is 14.0 Å². The minimum absolute atomic E-state index is 0.0568. The van der Waals surface area contributed by atoms with Gasteiger partial charge in [-0.05, 0) is 43.4 Å². The zero-order valence-electron chi connectivity index (χ0n) is 18.6. The second kappa shape index (κ2) is 9.06. The number of benzene rings is 2. The Morgan fingerprint density at radius 2 is 1.82 bits per heavy atom. The summed E-state index contributed by atoms with van der Waals surface area (Å²) in [6, 6.07) is 13.2. The molecule has 1 amide bonds. The number of hydrogen-bond donors (Lipinski definition) is 1. The molecular formula is C24H23FN6O3. The van der Waals surface area contributed by atoms with Gasteiger partial charge >= 0.3 is 0 Å². The lowest BCUT2D eigenvalue weighted by Crippen LogP contribution is -2.44. The monoisotopic (exact) mass is 462 g/mol. The smallest absolute Gasteiger partial charge is 0.267 e. The van der Waals surface area contributed by atoms with Gasteiger partial charge in [-0.1, -0.05) is 17.3 Å². The predicted octanol–water partition coefficient (Wildman–Crippen LogP) is 2.58. The SMILES string of the molecule is CN1CCN(c2ccccc2NC(=O)Cn2cnc3onc(-c4ccc(F)cc4)c3c2=O)CC1. The number of fused-ring (bicyclic) bond motifs is 1. The maximum atomic E-state index is 13.3. The first kappa shape index (κ1) is 21.8. The number of nitrogens with one attached hydrogen (secondary N) is 1. The van der Waals surface area contributed by atoms with Gasteiger partial charge in [-0.25, -0.2) is 9.37 Å². The molecule has 1 N–H and O–H groups in total. The van der Waals surface area contributed by atoms with Gasteiger partial charge in [-0.15, -0.1) is 0 Å². The third-order valence-electron chi connectivity index (χ3n) is 5.92. The van der Waals surface area contributed by atoms with Gasteiger partial charge in [0.25, 0.3) is 11.3 Å². The van der Waals surface area contributed by atoms with E-state index in [1.165, 1.54) is 35.2 Å². The van der Waals surface area contributed by atoms with Crippen LogP contribution in [0.5, 0.6) is 0 Å².